The number of anilines is 3. The lowest BCUT2D eigenvalue weighted by Crippen LogP contribution is -2.09. The molecule has 0 unspecified atom stereocenters. The van der Waals surface area contributed by atoms with Gasteiger partial charge in [-0.05, 0) is 37.1 Å². The Bertz CT molecular complexity index is 887. The van der Waals surface area contributed by atoms with E-state index in [0.29, 0.717) is 17.6 Å². The molecule has 0 spiro atoms. The molecule has 6 heteroatoms. The van der Waals surface area contributed by atoms with E-state index in [0.717, 1.165) is 41.3 Å². The van der Waals surface area contributed by atoms with Gasteiger partial charge in [-0.15, -0.1) is 0 Å². The molecule has 0 aliphatic carbocycles. The molecule has 0 fully saturated rings. The second kappa shape index (κ2) is 9.35. The summed E-state index contributed by atoms with van der Waals surface area (Å²) in [5.41, 5.74) is 3.91. The summed E-state index contributed by atoms with van der Waals surface area (Å²) in [6.45, 7) is 3.45. The molecule has 0 atom stereocenters. The molecular weight excluding hydrogens is 360 g/mol. The van der Waals surface area contributed by atoms with Crippen molar-refractivity contribution in [2.24, 2.45) is 0 Å². The van der Waals surface area contributed by atoms with Crippen molar-refractivity contribution >= 4 is 29.1 Å². The Hall–Kier alpha value is -2.63. The molecule has 1 aromatic heterocycles. The summed E-state index contributed by atoms with van der Waals surface area (Å²) < 4.78 is 5.09. The van der Waals surface area contributed by atoms with Gasteiger partial charge in [-0.1, -0.05) is 41.9 Å². The van der Waals surface area contributed by atoms with Gasteiger partial charge in [0.2, 0.25) is 5.95 Å². The van der Waals surface area contributed by atoms with Gasteiger partial charge in [-0.3, -0.25) is 0 Å². The number of aryl methyl sites for hydroxylation is 1. The molecule has 0 aliphatic rings. The number of halogens is 1. The van der Waals surface area contributed by atoms with Crippen LogP contribution in [0.25, 0.3) is 11.3 Å². The molecular formula is C21H23ClN4O. The fourth-order valence-corrected chi connectivity index (χ4v) is 2.90. The molecule has 0 radical (unpaired) electrons. The number of benzene rings is 2. The Labute approximate surface area is 164 Å². The molecule has 3 rings (SSSR count). The highest BCUT2D eigenvalue weighted by Gasteiger charge is 2.08. The van der Waals surface area contributed by atoms with Gasteiger partial charge in [0.25, 0.3) is 0 Å². The van der Waals surface area contributed by atoms with E-state index in [1.807, 2.05) is 61.5 Å². The maximum Gasteiger partial charge on any atom is 0.225 e. The van der Waals surface area contributed by atoms with Gasteiger partial charge in [-0.2, -0.15) is 4.98 Å². The third kappa shape index (κ3) is 5.42. The Balaban J connectivity index is 1.89. The normalized spacial score (nSPS) is 10.6. The van der Waals surface area contributed by atoms with Crippen molar-refractivity contribution in [2.75, 3.05) is 30.9 Å². The van der Waals surface area contributed by atoms with E-state index in [9.17, 15) is 0 Å². The second-order valence-electron chi connectivity index (χ2n) is 6.19. The Morgan fingerprint density at radius 3 is 2.59 bits per heavy atom. The van der Waals surface area contributed by atoms with Gasteiger partial charge in [0.05, 0.1) is 5.69 Å². The van der Waals surface area contributed by atoms with Gasteiger partial charge in [-0.25, -0.2) is 4.98 Å². The van der Waals surface area contributed by atoms with Gasteiger partial charge < -0.3 is 15.4 Å². The van der Waals surface area contributed by atoms with Crippen LogP contribution < -0.4 is 10.6 Å². The maximum absolute atomic E-state index is 6.06. The van der Waals surface area contributed by atoms with Gasteiger partial charge in [0, 0.05) is 42.6 Å². The zero-order chi connectivity index (χ0) is 19.1. The largest absolute Gasteiger partial charge is 0.385 e. The first-order chi connectivity index (χ1) is 13.2. The molecule has 3 aromatic rings. The van der Waals surface area contributed by atoms with Crippen molar-refractivity contribution < 1.29 is 4.74 Å². The number of hydrogen-bond acceptors (Lipinski definition) is 5. The Kier molecular flexibility index (Phi) is 6.63. The molecule has 0 bridgehead atoms. The van der Waals surface area contributed by atoms with Crippen molar-refractivity contribution in [3.63, 3.8) is 0 Å². The molecule has 140 valence electrons. The van der Waals surface area contributed by atoms with Crippen molar-refractivity contribution in [1.29, 1.82) is 0 Å². The number of nitrogens with one attached hydrogen (secondary N) is 2. The van der Waals surface area contributed by atoms with Crippen LogP contribution in [0.1, 0.15) is 12.0 Å². The highest BCUT2D eigenvalue weighted by Crippen LogP contribution is 2.26. The highest BCUT2D eigenvalue weighted by atomic mass is 35.5. The quantitative estimate of drug-likeness (QED) is 0.518. The molecule has 1 heterocycles. The van der Waals surface area contributed by atoms with Crippen LogP contribution in [0.15, 0.2) is 54.6 Å². The van der Waals surface area contributed by atoms with E-state index >= 15 is 0 Å². The van der Waals surface area contributed by atoms with Crippen molar-refractivity contribution in [1.82, 2.24) is 9.97 Å². The van der Waals surface area contributed by atoms with Crippen LogP contribution in [0.2, 0.25) is 5.02 Å². The molecule has 27 heavy (non-hydrogen) atoms. The molecule has 2 N–H and O–H groups in total. The number of rotatable bonds is 8. The molecule has 0 aliphatic heterocycles. The van der Waals surface area contributed by atoms with Crippen molar-refractivity contribution in [3.8, 4) is 11.3 Å². The van der Waals surface area contributed by atoms with Gasteiger partial charge >= 0.3 is 0 Å². The van der Waals surface area contributed by atoms with Crippen LogP contribution in [-0.4, -0.2) is 30.2 Å². The Morgan fingerprint density at radius 2 is 1.85 bits per heavy atom. The lowest BCUT2D eigenvalue weighted by Gasteiger charge is -2.13. The first-order valence-electron chi connectivity index (χ1n) is 8.86. The summed E-state index contributed by atoms with van der Waals surface area (Å²) in [6.07, 6.45) is 0.883. The predicted molar refractivity (Wildman–Crippen MR) is 112 cm³/mol. The summed E-state index contributed by atoms with van der Waals surface area (Å²) in [5.74, 6) is 1.31. The van der Waals surface area contributed by atoms with Crippen molar-refractivity contribution in [2.45, 2.75) is 13.3 Å². The number of hydrogen-bond donors (Lipinski definition) is 2. The van der Waals surface area contributed by atoms with Crippen LogP contribution in [0.3, 0.4) is 0 Å². The zero-order valence-electron chi connectivity index (χ0n) is 15.5. The molecule has 0 amide bonds. The van der Waals surface area contributed by atoms with Crippen molar-refractivity contribution in [3.05, 3.63) is 65.2 Å². The third-order valence-electron chi connectivity index (χ3n) is 4.06. The minimum Gasteiger partial charge on any atom is -0.385 e. The summed E-state index contributed by atoms with van der Waals surface area (Å²) in [5, 5.41) is 7.37. The Morgan fingerprint density at radius 1 is 1.04 bits per heavy atom. The molecule has 2 aromatic carbocycles. The van der Waals surface area contributed by atoms with Crippen LogP contribution in [0, 0.1) is 6.92 Å². The monoisotopic (exact) mass is 382 g/mol. The number of aromatic nitrogens is 2. The molecule has 0 saturated carbocycles. The van der Waals surface area contributed by atoms with Crippen LogP contribution in [-0.2, 0) is 4.74 Å². The zero-order valence-corrected chi connectivity index (χ0v) is 16.3. The lowest BCUT2D eigenvalue weighted by atomic mass is 10.1. The van der Waals surface area contributed by atoms with E-state index in [1.165, 1.54) is 0 Å². The maximum atomic E-state index is 6.06. The average Bonchev–Trinajstić information content (AvgIpc) is 2.68. The topological polar surface area (TPSA) is 59.1 Å². The summed E-state index contributed by atoms with van der Waals surface area (Å²) in [4.78, 5) is 9.26. The summed E-state index contributed by atoms with van der Waals surface area (Å²) >= 11 is 6.06. The lowest BCUT2D eigenvalue weighted by molar-refractivity contribution is 0.197. The van der Waals surface area contributed by atoms with E-state index < -0.39 is 0 Å². The standard InChI is InChI=1S/C21H23ClN4O/c1-15-13-17(22)9-10-18(15)24-20-14-19(16-7-4-3-5-8-16)25-21(26-20)23-11-6-12-27-2/h3-5,7-10,13-14H,6,11-12H2,1-2H3,(H2,23,24,25,26). The number of ether oxygens (including phenoxy) is 1. The first kappa shape index (κ1) is 19.1. The highest BCUT2D eigenvalue weighted by molar-refractivity contribution is 6.30. The smallest absolute Gasteiger partial charge is 0.225 e. The van der Waals surface area contributed by atoms with Crippen LogP contribution >= 0.6 is 11.6 Å². The summed E-state index contributed by atoms with van der Waals surface area (Å²) in [6, 6.07) is 17.7. The SMILES string of the molecule is COCCCNc1nc(Nc2ccc(Cl)cc2C)cc(-c2ccccc2)n1. The minimum absolute atomic E-state index is 0.585. The van der Waals surface area contributed by atoms with E-state index in [1.54, 1.807) is 7.11 Å². The second-order valence-corrected chi connectivity index (χ2v) is 6.62. The summed E-state index contributed by atoms with van der Waals surface area (Å²) in [7, 11) is 1.70. The predicted octanol–water partition coefficient (Wildman–Crippen LogP) is 5.30. The van der Waals surface area contributed by atoms with Crippen LogP contribution in [0.4, 0.5) is 17.5 Å². The van der Waals surface area contributed by atoms with E-state index in [2.05, 4.69) is 20.6 Å². The van der Waals surface area contributed by atoms with Crippen LogP contribution in [0.5, 0.6) is 0 Å². The first-order valence-corrected chi connectivity index (χ1v) is 9.24. The van der Waals surface area contributed by atoms with Gasteiger partial charge in [0.15, 0.2) is 0 Å². The molecule has 0 saturated heterocycles. The minimum atomic E-state index is 0.585. The fraction of sp³-hybridized carbons (Fsp3) is 0.238. The number of methoxy groups -OCH3 is 1. The van der Waals surface area contributed by atoms with Gasteiger partial charge in [0.1, 0.15) is 5.82 Å². The molecule has 5 nitrogen and oxygen atoms in total. The van der Waals surface area contributed by atoms with E-state index in [4.69, 9.17) is 16.3 Å². The third-order valence-corrected chi connectivity index (χ3v) is 4.29. The van der Waals surface area contributed by atoms with E-state index in [-0.39, 0.29) is 0 Å². The fourth-order valence-electron chi connectivity index (χ4n) is 2.67. The number of nitrogens with zero attached hydrogens (tertiary/aromatic N) is 2. The average molecular weight is 383 g/mol.